The minimum atomic E-state index is -0.375. The van der Waals surface area contributed by atoms with Crippen LogP contribution in [0, 0.1) is 11.6 Å². The van der Waals surface area contributed by atoms with E-state index in [9.17, 15) is 13.6 Å². The maximum atomic E-state index is 13.8. The van der Waals surface area contributed by atoms with Crippen molar-refractivity contribution in [3.63, 3.8) is 0 Å². The molecule has 4 aromatic rings. The fraction of sp³-hybridized carbons (Fsp3) is 0.276. The minimum absolute atomic E-state index is 0.201. The normalized spacial score (nSPS) is 14.9. The first-order valence-electron chi connectivity index (χ1n) is 12.4. The van der Waals surface area contributed by atoms with Crippen LogP contribution in [-0.4, -0.2) is 35.4 Å². The Hall–Kier alpha value is -3.55. The van der Waals surface area contributed by atoms with Crippen molar-refractivity contribution in [1.29, 1.82) is 0 Å². The zero-order valence-corrected chi connectivity index (χ0v) is 20.1. The molecule has 1 aromatic heterocycles. The van der Waals surface area contributed by atoms with Crippen molar-refractivity contribution in [1.82, 2.24) is 9.88 Å². The van der Waals surface area contributed by atoms with E-state index >= 15 is 0 Å². The topological polar surface area (TPSA) is 74.2 Å². The summed E-state index contributed by atoms with van der Waals surface area (Å²) >= 11 is 0. The monoisotopic (exact) mass is 488 g/mol. The number of carbonyl (C=O) groups is 1. The van der Waals surface area contributed by atoms with Crippen LogP contribution in [0.15, 0.2) is 66.9 Å². The quantitative estimate of drug-likeness (QED) is 0.318. The molecule has 1 saturated heterocycles. The first kappa shape index (κ1) is 24.2. The lowest BCUT2D eigenvalue weighted by molar-refractivity contribution is 0.102. The van der Waals surface area contributed by atoms with Crippen molar-refractivity contribution in [3.05, 3.63) is 101 Å². The number of nitrogens with one attached hydrogen (secondary N) is 2. The maximum absolute atomic E-state index is 13.8. The molecule has 7 heteroatoms. The number of likely N-dealkylation sites (tertiary alicyclic amines) is 1. The highest BCUT2D eigenvalue weighted by atomic mass is 19.1. The molecule has 0 aliphatic carbocycles. The number of hydrogen-bond donors (Lipinski definition) is 3. The number of aromatic amines is 1. The molecular weight excluding hydrogens is 458 g/mol. The second-order valence-electron chi connectivity index (χ2n) is 9.45. The number of benzene rings is 3. The Bertz CT molecular complexity index is 1360. The molecule has 0 saturated carbocycles. The Morgan fingerprint density at radius 3 is 2.47 bits per heavy atom. The van der Waals surface area contributed by atoms with Crippen LogP contribution < -0.4 is 11.1 Å². The zero-order valence-electron chi connectivity index (χ0n) is 20.1. The van der Waals surface area contributed by atoms with Crippen LogP contribution in [-0.2, 0) is 13.0 Å². The molecule has 1 fully saturated rings. The highest BCUT2D eigenvalue weighted by Gasteiger charge is 2.23. The van der Waals surface area contributed by atoms with E-state index in [0.717, 1.165) is 60.9 Å². The van der Waals surface area contributed by atoms with Gasteiger partial charge in [0, 0.05) is 41.4 Å². The van der Waals surface area contributed by atoms with Gasteiger partial charge < -0.3 is 20.9 Å². The third-order valence-electron chi connectivity index (χ3n) is 7.19. The van der Waals surface area contributed by atoms with Crippen molar-refractivity contribution in [2.24, 2.45) is 5.73 Å². The summed E-state index contributed by atoms with van der Waals surface area (Å²) < 4.78 is 26.9. The van der Waals surface area contributed by atoms with E-state index in [1.165, 1.54) is 35.9 Å². The molecule has 5 nitrogen and oxygen atoms in total. The molecule has 3 aromatic carbocycles. The Morgan fingerprint density at radius 1 is 0.972 bits per heavy atom. The summed E-state index contributed by atoms with van der Waals surface area (Å²) in [5.41, 5.74) is 11.4. The van der Waals surface area contributed by atoms with Crippen LogP contribution in [0.1, 0.15) is 45.8 Å². The number of carbonyl (C=O) groups excluding carboxylic acids is 1. The number of rotatable bonds is 7. The molecule has 5 rings (SSSR count). The van der Waals surface area contributed by atoms with Crippen LogP contribution in [0.4, 0.5) is 14.5 Å². The van der Waals surface area contributed by atoms with Gasteiger partial charge in [-0.25, -0.2) is 8.78 Å². The van der Waals surface area contributed by atoms with Crippen LogP contribution in [0.3, 0.4) is 0 Å². The summed E-state index contributed by atoms with van der Waals surface area (Å²) in [6, 6.07) is 16.2. The molecule has 1 amide bonds. The van der Waals surface area contributed by atoms with Crippen molar-refractivity contribution < 1.29 is 13.6 Å². The Balaban J connectivity index is 1.20. The average molecular weight is 489 g/mol. The Morgan fingerprint density at radius 2 is 1.72 bits per heavy atom. The molecule has 0 atom stereocenters. The molecule has 0 radical (unpaired) electrons. The lowest BCUT2D eigenvalue weighted by Crippen LogP contribution is -2.34. The predicted octanol–water partition coefficient (Wildman–Crippen LogP) is 5.58. The number of hydrogen-bond acceptors (Lipinski definition) is 3. The van der Waals surface area contributed by atoms with E-state index in [1.807, 2.05) is 24.4 Å². The second kappa shape index (κ2) is 10.6. The standard InChI is InChI=1S/C29H30F2N4O/c30-23-4-1-20(2-5-23)29(36)34-25-7-3-22(17-32)21(15-25)11-14-35-12-9-19(10-13-35)27-18-33-28-8-6-24(31)16-26(27)28/h1-8,15-16,18-19,33H,9-14,17,32H2,(H,34,36). The smallest absolute Gasteiger partial charge is 0.255 e. The third-order valence-corrected chi connectivity index (χ3v) is 7.19. The first-order chi connectivity index (χ1) is 17.5. The summed E-state index contributed by atoms with van der Waals surface area (Å²) in [6.07, 6.45) is 4.92. The first-order valence-corrected chi connectivity index (χ1v) is 12.4. The number of halogens is 2. The molecular formula is C29H30F2N4O. The molecule has 2 heterocycles. The Labute approximate surface area is 209 Å². The number of H-pyrrole nitrogens is 1. The summed E-state index contributed by atoms with van der Waals surface area (Å²) in [5.74, 6) is -0.435. The molecule has 4 N–H and O–H groups in total. The predicted molar refractivity (Wildman–Crippen MR) is 139 cm³/mol. The number of amides is 1. The zero-order chi connectivity index (χ0) is 25.1. The molecule has 36 heavy (non-hydrogen) atoms. The third kappa shape index (κ3) is 5.32. The number of anilines is 1. The molecule has 1 aliphatic rings. The summed E-state index contributed by atoms with van der Waals surface area (Å²) in [6.45, 7) is 3.29. The van der Waals surface area contributed by atoms with Gasteiger partial charge in [-0.05, 0) is 110 Å². The largest absolute Gasteiger partial charge is 0.361 e. The molecule has 0 spiro atoms. The van der Waals surface area contributed by atoms with E-state index < -0.39 is 0 Å². The van der Waals surface area contributed by atoms with E-state index in [0.29, 0.717) is 23.7 Å². The minimum Gasteiger partial charge on any atom is -0.361 e. The highest BCUT2D eigenvalue weighted by molar-refractivity contribution is 6.04. The van der Waals surface area contributed by atoms with E-state index in [-0.39, 0.29) is 17.5 Å². The SMILES string of the molecule is NCc1ccc(NC(=O)c2ccc(F)cc2)cc1CCN1CCC(c2c[nH]c3ccc(F)cc23)CC1. The number of nitrogens with two attached hydrogens (primary N) is 1. The second-order valence-corrected chi connectivity index (χ2v) is 9.45. The van der Waals surface area contributed by atoms with Crippen molar-refractivity contribution >= 4 is 22.5 Å². The van der Waals surface area contributed by atoms with E-state index in [4.69, 9.17) is 5.73 Å². The van der Waals surface area contributed by atoms with Crippen molar-refractivity contribution in [2.75, 3.05) is 25.0 Å². The van der Waals surface area contributed by atoms with Gasteiger partial charge in [-0.1, -0.05) is 6.07 Å². The summed E-state index contributed by atoms with van der Waals surface area (Å²) in [5, 5.41) is 3.89. The average Bonchev–Trinajstić information content (AvgIpc) is 3.31. The van der Waals surface area contributed by atoms with Crippen LogP contribution in [0.25, 0.3) is 10.9 Å². The van der Waals surface area contributed by atoms with Crippen LogP contribution >= 0.6 is 0 Å². The van der Waals surface area contributed by atoms with Crippen molar-refractivity contribution in [3.8, 4) is 0 Å². The van der Waals surface area contributed by atoms with Gasteiger partial charge in [0.25, 0.3) is 5.91 Å². The summed E-state index contributed by atoms with van der Waals surface area (Å²) in [7, 11) is 0. The summed E-state index contributed by atoms with van der Waals surface area (Å²) in [4.78, 5) is 18.3. The fourth-order valence-corrected chi connectivity index (χ4v) is 5.14. The lowest BCUT2D eigenvalue weighted by atomic mass is 9.89. The molecule has 1 aliphatic heterocycles. The molecule has 0 bridgehead atoms. The number of aromatic nitrogens is 1. The maximum Gasteiger partial charge on any atom is 0.255 e. The number of fused-ring (bicyclic) bond motifs is 1. The fourth-order valence-electron chi connectivity index (χ4n) is 5.14. The van der Waals surface area contributed by atoms with Gasteiger partial charge in [0.05, 0.1) is 0 Å². The number of nitrogens with zero attached hydrogens (tertiary/aromatic N) is 1. The van der Waals surface area contributed by atoms with Gasteiger partial charge in [-0.3, -0.25) is 4.79 Å². The van der Waals surface area contributed by atoms with Gasteiger partial charge in [-0.2, -0.15) is 0 Å². The van der Waals surface area contributed by atoms with Gasteiger partial charge in [0.15, 0.2) is 0 Å². The number of piperidine rings is 1. The molecule has 0 unspecified atom stereocenters. The van der Waals surface area contributed by atoms with E-state index in [1.54, 1.807) is 12.1 Å². The lowest BCUT2D eigenvalue weighted by Gasteiger charge is -2.32. The highest BCUT2D eigenvalue weighted by Crippen LogP contribution is 2.33. The van der Waals surface area contributed by atoms with Crippen molar-refractivity contribution in [2.45, 2.75) is 31.7 Å². The van der Waals surface area contributed by atoms with E-state index in [2.05, 4.69) is 15.2 Å². The molecule has 186 valence electrons. The van der Waals surface area contributed by atoms with Gasteiger partial charge in [-0.15, -0.1) is 0 Å². The van der Waals surface area contributed by atoms with Gasteiger partial charge >= 0.3 is 0 Å². The Kier molecular flexibility index (Phi) is 7.11. The van der Waals surface area contributed by atoms with Crippen LogP contribution in [0.5, 0.6) is 0 Å². The van der Waals surface area contributed by atoms with Gasteiger partial charge in [0.1, 0.15) is 11.6 Å². The van der Waals surface area contributed by atoms with Crippen LogP contribution in [0.2, 0.25) is 0 Å². The van der Waals surface area contributed by atoms with Gasteiger partial charge in [0.2, 0.25) is 0 Å².